The standard InChI is InChI=1S/C78H80N10O8/c1-13-47-37(3)59-31-67-55(43(9)57(83-67)29-61-41(7)51(19-21-71(89)93-11)75(85-61)53-17-15-49-39(5)63(87-73(49)53)33-65(47)81-59)35-95-77(91)45-23-25-79-69(27-45)70-28-46(24-26-80-70)78(92)96-36-56-44(10)58-30-62-42(8)52(20-22-72(90)94-12)76(86-62)54-18-16-50-40(6)64(88-74(50)54)34-66-48(14-2)38(4)60(82-66)32-68(56)84-58/h23-34,41-42,51-52,81-84H,13-22,35-36H2,1-12H3. The summed E-state index contributed by atoms with van der Waals surface area (Å²) in [5, 5.41) is 0. The maximum absolute atomic E-state index is 14.4. The summed E-state index contributed by atoms with van der Waals surface area (Å²) >= 11 is 0. The molecular formula is C78H80N10O8. The lowest BCUT2D eigenvalue weighted by Crippen LogP contribution is -2.09. The molecule has 4 aliphatic heterocycles. The van der Waals surface area contributed by atoms with Crippen LogP contribution in [-0.2, 0) is 67.4 Å². The highest BCUT2D eigenvalue weighted by molar-refractivity contribution is 5.97. The lowest BCUT2D eigenvalue weighted by Gasteiger charge is -2.16. The fourth-order valence-electron chi connectivity index (χ4n) is 15.6. The van der Waals surface area contributed by atoms with E-state index in [0.717, 1.165) is 173 Å². The number of nitrogens with zero attached hydrogens (tertiary/aromatic N) is 6. The maximum atomic E-state index is 14.4. The van der Waals surface area contributed by atoms with Crippen molar-refractivity contribution in [2.75, 3.05) is 14.2 Å². The molecule has 0 saturated carbocycles. The van der Waals surface area contributed by atoms with Crippen molar-refractivity contribution >= 4 is 90.3 Å². The first-order chi connectivity index (χ1) is 46.3. The van der Waals surface area contributed by atoms with Crippen LogP contribution < -0.4 is 0 Å². The molecule has 12 heterocycles. The second kappa shape index (κ2) is 25.2. The number of carbonyl (C=O) groups is 4. The van der Waals surface area contributed by atoms with Crippen LogP contribution in [0.2, 0.25) is 0 Å². The van der Waals surface area contributed by atoms with Gasteiger partial charge in [0.25, 0.3) is 0 Å². The molecule has 0 saturated heterocycles. The van der Waals surface area contributed by atoms with Crippen LogP contribution >= 0.6 is 0 Å². The van der Waals surface area contributed by atoms with Crippen molar-refractivity contribution in [3.63, 3.8) is 0 Å². The number of aryl methyl sites for hydroxylation is 6. The quantitative estimate of drug-likeness (QED) is 0.0551. The Morgan fingerprint density at radius 3 is 1.22 bits per heavy atom. The second-order valence-corrected chi connectivity index (χ2v) is 26.5. The zero-order valence-electron chi connectivity index (χ0n) is 56.7. The number of esters is 4. The van der Waals surface area contributed by atoms with Gasteiger partial charge in [0.15, 0.2) is 0 Å². The summed E-state index contributed by atoms with van der Waals surface area (Å²) in [4.78, 5) is 99.5. The predicted octanol–water partition coefficient (Wildman–Crippen LogP) is 15.9. The maximum Gasteiger partial charge on any atom is 0.338 e. The average Bonchev–Trinajstić information content (AvgIpc) is 1.60. The summed E-state index contributed by atoms with van der Waals surface area (Å²) in [6, 6.07) is 19.2. The molecule has 490 valence electrons. The number of rotatable bonds is 15. The van der Waals surface area contributed by atoms with Gasteiger partial charge in [0, 0.05) is 138 Å². The van der Waals surface area contributed by atoms with Gasteiger partial charge in [-0.05, 0) is 209 Å². The summed E-state index contributed by atoms with van der Waals surface area (Å²) in [5.74, 6) is -1.72. The number of pyridine rings is 2. The van der Waals surface area contributed by atoms with Gasteiger partial charge in [0.1, 0.15) is 13.2 Å². The van der Waals surface area contributed by atoms with Gasteiger partial charge in [0.05, 0.1) is 59.5 Å². The molecule has 6 aliphatic rings. The van der Waals surface area contributed by atoms with Crippen LogP contribution in [0, 0.1) is 27.7 Å². The van der Waals surface area contributed by atoms with Crippen molar-refractivity contribution in [3.05, 3.63) is 185 Å². The number of ether oxygens (including phenoxy) is 4. The van der Waals surface area contributed by atoms with Gasteiger partial charge < -0.3 is 38.9 Å². The van der Waals surface area contributed by atoms with Gasteiger partial charge in [0.2, 0.25) is 0 Å². The summed E-state index contributed by atoms with van der Waals surface area (Å²) in [7, 11) is 2.86. The molecule has 0 radical (unpaired) electrons. The van der Waals surface area contributed by atoms with Crippen molar-refractivity contribution in [1.82, 2.24) is 49.8 Å². The zero-order valence-corrected chi connectivity index (χ0v) is 56.7. The zero-order chi connectivity index (χ0) is 67.1. The van der Waals surface area contributed by atoms with Crippen molar-refractivity contribution < 1.29 is 38.1 Å². The van der Waals surface area contributed by atoms with E-state index in [1.165, 1.54) is 60.0 Å². The van der Waals surface area contributed by atoms with E-state index >= 15 is 0 Å². The molecule has 8 aromatic heterocycles. The molecule has 4 N–H and O–H groups in total. The molecule has 0 spiro atoms. The first-order valence-electron chi connectivity index (χ1n) is 33.6. The number of methoxy groups -OCH3 is 2. The molecule has 0 fully saturated rings. The smallest absolute Gasteiger partial charge is 0.338 e. The van der Waals surface area contributed by atoms with E-state index in [1.807, 2.05) is 13.8 Å². The van der Waals surface area contributed by atoms with Gasteiger partial charge in [-0.2, -0.15) is 0 Å². The second-order valence-electron chi connectivity index (χ2n) is 26.5. The van der Waals surface area contributed by atoms with Crippen molar-refractivity contribution in [3.8, 4) is 11.4 Å². The average molecular weight is 1290 g/mol. The normalized spacial score (nSPS) is 17.0. The van der Waals surface area contributed by atoms with Crippen LogP contribution in [-0.4, -0.2) is 87.9 Å². The van der Waals surface area contributed by atoms with Crippen LogP contribution in [0.1, 0.15) is 226 Å². The number of aromatic amines is 4. The number of carbonyl (C=O) groups excluding carboxylic acids is 4. The molecule has 2 aliphatic carbocycles. The van der Waals surface area contributed by atoms with Crippen molar-refractivity contribution in [2.24, 2.45) is 0 Å². The number of allylic oxidation sites excluding steroid dienone is 4. The molecule has 0 amide bonds. The lowest BCUT2D eigenvalue weighted by atomic mass is 9.85. The first kappa shape index (κ1) is 63.3. The van der Waals surface area contributed by atoms with Crippen LogP contribution in [0.5, 0.6) is 0 Å². The Hall–Kier alpha value is -10.1. The summed E-state index contributed by atoms with van der Waals surface area (Å²) < 4.78 is 22.7. The molecule has 16 bridgehead atoms. The highest BCUT2D eigenvalue weighted by atomic mass is 16.5. The molecule has 4 atom stereocenters. The van der Waals surface area contributed by atoms with Crippen LogP contribution in [0.15, 0.2) is 73.1 Å². The Morgan fingerprint density at radius 1 is 0.458 bits per heavy atom. The van der Waals surface area contributed by atoms with Crippen molar-refractivity contribution in [1.29, 1.82) is 0 Å². The summed E-state index contributed by atoms with van der Waals surface area (Å²) in [6.45, 7) is 21.2. The Balaban J connectivity index is 0.765. The third-order valence-corrected chi connectivity index (χ3v) is 21.5. The molecule has 8 aromatic rings. The van der Waals surface area contributed by atoms with E-state index in [2.05, 4.69) is 122 Å². The predicted molar refractivity (Wildman–Crippen MR) is 372 cm³/mol. The van der Waals surface area contributed by atoms with Gasteiger partial charge >= 0.3 is 23.9 Å². The Labute approximate surface area is 556 Å². The molecule has 14 rings (SSSR count). The number of fused-ring (bicyclic) bond motifs is 16. The van der Waals surface area contributed by atoms with E-state index in [9.17, 15) is 19.2 Å². The van der Waals surface area contributed by atoms with Gasteiger partial charge in [-0.3, -0.25) is 29.5 Å². The number of nitrogens with one attached hydrogen (secondary N) is 4. The molecule has 0 aromatic carbocycles. The Morgan fingerprint density at radius 2 is 0.833 bits per heavy atom. The fraction of sp³-hybridized carbons (Fsp3) is 0.359. The Kier molecular flexibility index (Phi) is 16.6. The van der Waals surface area contributed by atoms with E-state index in [1.54, 1.807) is 24.3 Å². The Bertz CT molecular complexity index is 4760. The minimum Gasteiger partial charge on any atom is -0.469 e. The van der Waals surface area contributed by atoms with Gasteiger partial charge in [-0.15, -0.1) is 0 Å². The lowest BCUT2D eigenvalue weighted by molar-refractivity contribution is -0.141. The number of H-pyrrole nitrogens is 4. The number of aromatic nitrogens is 10. The van der Waals surface area contributed by atoms with Crippen LogP contribution in [0.25, 0.3) is 77.8 Å². The fourth-order valence-corrected chi connectivity index (χ4v) is 15.6. The third kappa shape index (κ3) is 11.1. The highest BCUT2D eigenvalue weighted by Crippen LogP contribution is 2.50. The van der Waals surface area contributed by atoms with E-state index in [4.69, 9.17) is 38.9 Å². The van der Waals surface area contributed by atoms with Crippen molar-refractivity contribution in [2.45, 2.75) is 170 Å². The first-order valence-corrected chi connectivity index (χ1v) is 33.6. The van der Waals surface area contributed by atoms with E-state index in [-0.39, 0.29) is 72.8 Å². The van der Waals surface area contributed by atoms with E-state index in [0.29, 0.717) is 24.2 Å². The SMILES string of the molecule is CCc1c(C)c2cc3[nH]c(cc4nc(c5c6nc(cc1[nH]2)C(C)=C6CC5)C(CCC(=O)OC)C4C)c(C)c3COC(=O)c1ccnc(-c2cc(C(=O)OCc3c(C)c4cc5nc(c6c7nc(cc8[nH]c(cc3[nH]4)c(C)c8CC)C(C)=C7CC6)C(CCC(=O)OC)C5C)ccn2)c1. The van der Waals surface area contributed by atoms with Gasteiger partial charge in [-0.1, -0.05) is 27.7 Å². The monoisotopic (exact) mass is 1280 g/mol. The molecular weight excluding hydrogens is 1200 g/mol. The van der Waals surface area contributed by atoms with Crippen LogP contribution in [0.4, 0.5) is 0 Å². The minimum absolute atomic E-state index is 0.0168. The summed E-state index contributed by atoms with van der Waals surface area (Å²) in [5.41, 5.74) is 31.1. The topological polar surface area (TPSA) is 246 Å². The minimum atomic E-state index is -0.568. The molecule has 18 nitrogen and oxygen atoms in total. The number of hydrogen-bond acceptors (Lipinski definition) is 14. The molecule has 18 heteroatoms. The van der Waals surface area contributed by atoms with Gasteiger partial charge in [-0.25, -0.2) is 19.6 Å². The largest absolute Gasteiger partial charge is 0.469 e. The third-order valence-electron chi connectivity index (χ3n) is 21.5. The molecule has 96 heavy (non-hydrogen) atoms. The molecule has 4 unspecified atom stereocenters. The summed E-state index contributed by atoms with van der Waals surface area (Å²) in [6.07, 6.45) is 9.81. The number of hydrogen-bond donors (Lipinski definition) is 4. The highest BCUT2D eigenvalue weighted by Gasteiger charge is 2.38. The van der Waals surface area contributed by atoms with Crippen LogP contribution in [0.3, 0.4) is 0 Å². The van der Waals surface area contributed by atoms with E-state index < -0.39 is 11.9 Å².